The van der Waals surface area contributed by atoms with E-state index in [2.05, 4.69) is 53.6 Å². The number of hydrogen-bond acceptors (Lipinski definition) is 4. The molecule has 4 heteroatoms. The summed E-state index contributed by atoms with van der Waals surface area (Å²) in [6.07, 6.45) is 3.89. The summed E-state index contributed by atoms with van der Waals surface area (Å²) in [5, 5.41) is 7.52. The van der Waals surface area contributed by atoms with Gasteiger partial charge < -0.3 is 9.84 Å². The Labute approximate surface area is 120 Å². The number of unbranched alkanes of at least 4 members (excludes halogenated alkanes) is 1. The van der Waals surface area contributed by atoms with E-state index in [-0.39, 0.29) is 6.04 Å². The molecule has 1 heterocycles. The maximum absolute atomic E-state index is 5.36. The molecule has 0 aliphatic heterocycles. The standard InChI is InChI=1S/C16H23N3O/c1-3-5-11-15-18-16(20-19-15)12-14(17-4-2)13-9-7-6-8-10-13/h6-10,14,17H,3-5,11-12H2,1-2H3. The lowest BCUT2D eigenvalue weighted by Gasteiger charge is -2.16. The second kappa shape index (κ2) is 7.80. The summed E-state index contributed by atoms with van der Waals surface area (Å²) in [5.41, 5.74) is 1.25. The van der Waals surface area contributed by atoms with Crippen molar-refractivity contribution in [3.63, 3.8) is 0 Å². The molecule has 0 radical (unpaired) electrons. The number of nitrogens with zero attached hydrogens (tertiary/aromatic N) is 2. The number of nitrogens with one attached hydrogen (secondary N) is 1. The third-order valence-corrected chi connectivity index (χ3v) is 3.30. The third-order valence-electron chi connectivity index (χ3n) is 3.30. The first kappa shape index (κ1) is 14.7. The number of aryl methyl sites for hydroxylation is 1. The van der Waals surface area contributed by atoms with Crippen molar-refractivity contribution in [3.05, 3.63) is 47.6 Å². The molecule has 1 N–H and O–H groups in total. The molecule has 0 saturated heterocycles. The number of benzene rings is 1. The van der Waals surface area contributed by atoms with Gasteiger partial charge in [-0.2, -0.15) is 4.98 Å². The van der Waals surface area contributed by atoms with Gasteiger partial charge in [0.1, 0.15) is 0 Å². The van der Waals surface area contributed by atoms with Gasteiger partial charge in [-0.25, -0.2) is 0 Å². The number of hydrogen-bond donors (Lipinski definition) is 1. The van der Waals surface area contributed by atoms with Crippen LogP contribution in [0.15, 0.2) is 34.9 Å². The zero-order chi connectivity index (χ0) is 14.2. The molecule has 2 rings (SSSR count). The van der Waals surface area contributed by atoms with Gasteiger partial charge in [0, 0.05) is 18.9 Å². The molecule has 1 unspecified atom stereocenters. The van der Waals surface area contributed by atoms with Crippen LogP contribution in [0, 0.1) is 0 Å². The Morgan fingerprint density at radius 3 is 2.70 bits per heavy atom. The summed E-state index contributed by atoms with van der Waals surface area (Å²) in [6, 6.07) is 10.6. The zero-order valence-electron chi connectivity index (χ0n) is 12.3. The summed E-state index contributed by atoms with van der Waals surface area (Å²) in [7, 11) is 0. The Bertz CT molecular complexity index is 495. The minimum absolute atomic E-state index is 0.223. The number of aromatic nitrogens is 2. The van der Waals surface area contributed by atoms with E-state index in [9.17, 15) is 0 Å². The average Bonchev–Trinajstić information content (AvgIpc) is 2.93. The maximum Gasteiger partial charge on any atom is 0.228 e. The van der Waals surface area contributed by atoms with Crippen molar-refractivity contribution in [1.29, 1.82) is 0 Å². The van der Waals surface area contributed by atoms with Gasteiger partial charge in [-0.15, -0.1) is 0 Å². The molecule has 0 aliphatic rings. The highest BCUT2D eigenvalue weighted by molar-refractivity contribution is 5.19. The van der Waals surface area contributed by atoms with Crippen molar-refractivity contribution in [2.24, 2.45) is 0 Å². The molecule has 1 atom stereocenters. The van der Waals surface area contributed by atoms with Crippen molar-refractivity contribution in [2.75, 3.05) is 6.54 Å². The highest BCUT2D eigenvalue weighted by Crippen LogP contribution is 2.17. The normalized spacial score (nSPS) is 12.5. The van der Waals surface area contributed by atoms with Gasteiger partial charge in [-0.1, -0.05) is 55.8 Å². The summed E-state index contributed by atoms with van der Waals surface area (Å²) in [5.74, 6) is 1.54. The fourth-order valence-corrected chi connectivity index (χ4v) is 2.22. The quantitative estimate of drug-likeness (QED) is 0.801. The summed E-state index contributed by atoms with van der Waals surface area (Å²) >= 11 is 0. The molecule has 20 heavy (non-hydrogen) atoms. The number of rotatable bonds is 8. The fourth-order valence-electron chi connectivity index (χ4n) is 2.22. The smallest absolute Gasteiger partial charge is 0.228 e. The third kappa shape index (κ3) is 4.17. The van der Waals surface area contributed by atoms with Crippen LogP contribution in [0.3, 0.4) is 0 Å². The van der Waals surface area contributed by atoms with Gasteiger partial charge in [0.15, 0.2) is 5.82 Å². The van der Waals surface area contributed by atoms with Crippen LogP contribution in [0.25, 0.3) is 0 Å². The predicted octanol–water partition coefficient (Wildman–Crippen LogP) is 3.31. The molecule has 0 fully saturated rings. The Morgan fingerprint density at radius 2 is 2.00 bits per heavy atom. The van der Waals surface area contributed by atoms with Gasteiger partial charge in [-0.3, -0.25) is 0 Å². The van der Waals surface area contributed by atoms with E-state index < -0.39 is 0 Å². The Balaban J connectivity index is 2.02. The SMILES string of the molecule is CCCCc1noc(CC(NCC)c2ccccc2)n1. The van der Waals surface area contributed by atoms with E-state index >= 15 is 0 Å². The van der Waals surface area contributed by atoms with Crippen LogP contribution in [0.2, 0.25) is 0 Å². The molecule has 2 aromatic rings. The minimum atomic E-state index is 0.223. The van der Waals surface area contributed by atoms with Gasteiger partial charge in [-0.05, 0) is 18.5 Å². The van der Waals surface area contributed by atoms with Crippen molar-refractivity contribution >= 4 is 0 Å². The van der Waals surface area contributed by atoms with E-state index in [1.165, 1.54) is 5.56 Å². The molecule has 4 nitrogen and oxygen atoms in total. The molecule has 1 aromatic carbocycles. The molecule has 108 valence electrons. The Morgan fingerprint density at radius 1 is 1.20 bits per heavy atom. The Hall–Kier alpha value is -1.68. The lowest BCUT2D eigenvalue weighted by molar-refractivity contribution is 0.355. The molecule has 1 aromatic heterocycles. The van der Waals surface area contributed by atoms with Crippen LogP contribution in [0.4, 0.5) is 0 Å². The first-order valence-corrected chi connectivity index (χ1v) is 7.43. The van der Waals surface area contributed by atoms with Gasteiger partial charge >= 0.3 is 0 Å². The molecule has 0 aliphatic carbocycles. The lowest BCUT2D eigenvalue weighted by atomic mass is 10.0. The van der Waals surface area contributed by atoms with Crippen molar-refractivity contribution in [3.8, 4) is 0 Å². The maximum atomic E-state index is 5.36. The predicted molar refractivity (Wildman–Crippen MR) is 79.5 cm³/mol. The molecular formula is C16H23N3O. The van der Waals surface area contributed by atoms with Crippen LogP contribution >= 0.6 is 0 Å². The molecule has 0 saturated carbocycles. The van der Waals surface area contributed by atoms with E-state index in [0.29, 0.717) is 5.89 Å². The summed E-state index contributed by atoms with van der Waals surface area (Å²) in [4.78, 5) is 4.48. The van der Waals surface area contributed by atoms with Crippen LogP contribution < -0.4 is 5.32 Å². The van der Waals surface area contributed by atoms with E-state index in [4.69, 9.17) is 4.52 Å². The largest absolute Gasteiger partial charge is 0.339 e. The van der Waals surface area contributed by atoms with Crippen molar-refractivity contribution in [1.82, 2.24) is 15.5 Å². The summed E-state index contributed by atoms with van der Waals surface area (Å²) in [6.45, 7) is 5.18. The van der Waals surface area contributed by atoms with Gasteiger partial charge in [0.05, 0.1) is 0 Å². The van der Waals surface area contributed by atoms with E-state index in [1.54, 1.807) is 0 Å². The lowest BCUT2D eigenvalue weighted by Crippen LogP contribution is -2.23. The van der Waals surface area contributed by atoms with Crippen molar-refractivity contribution < 1.29 is 4.52 Å². The van der Waals surface area contributed by atoms with E-state index in [0.717, 1.165) is 38.1 Å². The monoisotopic (exact) mass is 273 g/mol. The molecule has 0 amide bonds. The number of likely N-dealkylation sites (N-methyl/N-ethyl adjacent to an activating group) is 1. The Kier molecular flexibility index (Phi) is 5.74. The van der Waals surface area contributed by atoms with Crippen LogP contribution in [0.1, 0.15) is 50.0 Å². The van der Waals surface area contributed by atoms with Crippen LogP contribution in [-0.2, 0) is 12.8 Å². The van der Waals surface area contributed by atoms with Crippen molar-refractivity contribution in [2.45, 2.75) is 45.6 Å². The van der Waals surface area contributed by atoms with Gasteiger partial charge in [0.2, 0.25) is 5.89 Å². The fraction of sp³-hybridized carbons (Fsp3) is 0.500. The minimum Gasteiger partial charge on any atom is -0.339 e. The topological polar surface area (TPSA) is 51.0 Å². The van der Waals surface area contributed by atoms with Crippen LogP contribution in [0.5, 0.6) is 0 Å². The molecule has 0 bridgehead atoms. The molecular weight excluding hydrogens is 250 g/mol. The second-order valence-corrected chi connectivity index (χ2v) is 4.93. The van der Waals surface area contributed by atoms with E-state index in [1.807, 2.05) is 6.07 Å². The highest BCUT2D eigenvalue weighted by atomic mass is 16.5. The first-order chi connectivity index (χ1) is 9.83. The first-order valence-electron chi connectivity index (χ1n) is 7.43. The molecule has 0 spiro atoms. The highest BCUT2D eigenvalue weighted by Gasteiger charge is 2.15. The van der Waals surface area contributed by atoms with Gasteiger partial charge in [0.25, 0.3) is 0 Å². The second-order valence-electron chi connectivity index (χ2n) is 4.93. The average molecular weight is 273 g/mol. The zero-order valence-corrected chi connectivity index (χ0v) is 12.3. The summed E-state index contributed by atoms with van der Waals surface area (Å²) < 4.78 is 5.36. The van der Waals surface area contributed by atoms with Crippen LogP contribution in [-0.4, -0.2) is 16.7 Å².